The zero-order valence-corrected chi connectivity index (χ0v) is 30.3. The monoisotopic (exact) mass is 659 g/mol. The third kappa shape index (κ3) is 4.64. The Balaban J connectivity index is 1.13. The molecule has 2 aliphatic heterocycles. The van der Waals surface area contributed by atoms with Crippen molar-refractivity contribution in [3.63, 3.8) is 0 Å². The number of hydrogen-bond acceptors (Lipinski definition) is 8. The molecule has 2 spiro atoms. The second kappa shape index (κ2) is 10.9. The summed E-state index contributed by atoms with van der Waals surface area (Å²) in [5.74, 6) is 1.06. The molecule has 7 fully saturated rings. The molecule has 2 saturated heterocycles. The standard InChI is InChI=1S/C38H61NO8/c1-21-18-24(32(34(6,7)43)45-23(3)41)46-30-29(21)35(8)14-15-38-20-37(38)13-12-27(47-28-19-39(22(2)40)16-17-44-28)33(4,5)25(37)10-11-26(38)36(35,9)31(30)42/h21,24-32,42-43H,10-20H2,1-9H3/t21?,24?,25-,26-,27?,28-,29?,30?,31-,32-,35+,36+,37+,38?/m0/s1. The number of aliphatic hydroxyl groups excluding tert-OH is 1. The van der Waals surface area contributed by atoms with E-state index in [1.807, 2.05) is 4.90 Å². The van der Waals surface area contributed by atoms with Crippen molar-refractivity contribution in [3.05, 3.63) is 0 Å². The molecule has 0 aromatic rings. The molecule has 5 saturated carbocycles. The fourth-order valence-corrected chi connectivity index (χ4v) is 13.8. The zero-order chi connectivity index (χ0) is 34.1. The number of nitrogens with zero attached hydrogens (tertiary/aromatic N) is 1. The molecule has 7 rings (SSSR count). The van der Waals surface area contributed by atoms with E-state index in [1.165, 1.54) is 19.8 Å². The summed E-state index contributed by atoms with van der Waals surface area (Å²) < 4.78 is 25.3. The molecule has 5 aliphatic carbocycles. The molecular weight excluding hydrogens is 598 g/mol. The van der Waals surface area contributed by atoms with Gasteiger partial charge in [-0.25, -0.2) is 0 Å². The average molecular weight is 660 g/mol. The third-order valence-corrected chi connectivity index (χ3v) is 15.9. The summed E-state index contributed by atoms with van der Waals surface area (Å²) in [7, 11) is 0. The molecule has 266 valence electrons. The maximum atomic E-state index is 12.5. The average Bonchev–Trinajstić information content (AvgIpc) is 3.61. The summed E-state index contributed by atoms with van der Waals surface area (Å²) in [5.41, 5.74) is -1.16. The zero-order valence-electron chi connectivity index (χ0n) is 30.3. The van der Waals surface area contributed by atoms with Gasteiger partial charge in [0.2, 0.25) is 5.91 Å². The Morgan fingerprint density at radius 3 is 2.34 bits per heavy atom. The molecule has 0 aromatic heterocycles. The molecule has 6 unspecified atom stereocenters. The van der Waals surface area contributed by atoms with E-state index in [4.69, 9.17) is 18.9 Å². The van der Waals surface area contributed by atoms with Crippen LogP contribution < -0.4 is 0 Å². The van der Waals surface area contributed by atoms with Crippen LogP contribution in [0.5, 0.6) is 0 Å². The Morgan fingerprint density at radius 1 is 1.00 bits per heavy atom. The van der Waals surface area contributed by atoms with Gasteiger partial charge < -0.3 is 34.1 Å². The van der Waals surface area contributed by atoms with Gasteiger partial charge in [0.05, 0.1) is 43.2 Å². The normalized spacial score (nSPS) is 50.6. The Hall–Kier alpha value is -1.26. The molecule has 2 heterocycles. The molecule has 7 aliphatic rings. The summed E-state index contributed by atoms with van der Waals surface area (Å²) in [6, 6.07) is 0. The van der Waals surface area contributed by atoms with Crippen LogP contribution in [-0.4, -0.2) is 89.1 Å². The lowest BCUT2D eigenvalue weighted by Crippen LogP contribution is -2.60. The molecule has 47 heavy (non-hydrogen) atoms. The molecule has 0 radical (unpaired) electrons. The van der Waals surface area contributed by atoms with Gasteiger partial charge in [0.15, 0.2) is 12.4 Å². The van der Waals surface area contributed by atoms with Crippen molar-refractivity contribution in [2.75, 3.05) is 19.7 Å². The molecule has 1 amide bonds. The lowest BCUT2D eigenvalue weighted by atomic mass is 9.41. The Labute approximate surface area is 281 Å². The highest BCUT2D eigenvalue weighted by molar-refractivity contribution is 5.73. The van der Waals surface area contributed by atoms with Crippen LogP contribution in [0.15, 0.2) is 0 Å². The van der Waals surface area contributed by atoms with Gasteiger partial charge in [0.1, 0.15) is 0 Å². The topological polar surface area (TPSA) is 115 Å². The van der Waals surface area contributed by atoms with Gasteiger partial charge in [-0.2, -0.15) is 0 Å². The number of aliphatic hydroxyl groups is 2. The molecule has 14 atom stereocenters. The predicted octanol–water partition coefficient (Wildman–Crippen LogP) is 5.09. The van der Waals surface area contributed by atoms with Crippen molar-refractivity contribution in [1.82, 2.24) is 4.90 Å². The molecule has 0 aromatic carbocycles. The van der Waals surface area contributed by atoms with E-state index in [9.17, 15) is 19.8 Å². The summed E-state index contributed by atoms with van der Waals surface area (Å²) in [5, 5.41) is 23.6. The first kappa shape index (κ1) is 34.2. The number of carbonyl (C=O) groups excluding carboxylic acids is 2. The fraction of sp³-hybridized carbons (Fsp3) is 0.947. The van der Waals surface area contributed by atoms with E-state index >= 15 is 0 Å². The highest BCUT2D eigenvalue weighted by atomic mass is 16.7. The quantitative estimate of drug-likeness (QED) is 0.393. The van der Waals surface area contributed by atoms with Gasteiger partial charge in [0, 0.05) is 25.8 Å². The minimum absolute atomic E-state index is 0.0216. The van der Waals surface area contributed by atoms with Crippen LogP contribution in [-0.2, 0) is 28.5 Å². The van der Waals surface area contributed by atoms with E-state index in [0.29, 0.717) is 38.0 Å². The van der Waals surface area contributed by atoms with E-state index < -0.39 is 29.9 Å². The number of hydrogen-bond donors (Lipinski definition) is 2. The fourth-order valence-electron chi connectivity index (χ4n) is 13.8. The molecule has 0 bridgehead atoms. The second-order valence-corrected chi connectivity index (χ2v) is 18.6. The van der Waals surface area contributed by atoms with Crippen LogP contribution in [0.1, 0.15) is 114 Å². The molecule has 9 heteroatoms. The Morgan fingerprint density at radius 2 is 1.68 bits per heavy atom. The van der Waals surface area contributed by atoms with Gasteiger partial charge in [-0.15, -0.1) is 0 Å². The van der Waals surface area contributed by atoms with E-state index in [2.05, 4.69) is 34.6 Å². The van der Waals surface area contributed by atoms with Crippen molar-refractivity contribution in [2.45, 2.75) is 156 Å². The Bertz CT molecular complexity index is 1280. The SMILES string of the molecule is CC(=O)O[C@@H](C1CC(C)C2C(O1)[C@H](O)[C@@]1(C)[C@@H]3CC[C@H]4C(C)(C)C(O[C@H]5CN(C(C)=O)CCO5)CC[C@@]45CC35CC[C@]21C)C(C)(C)O. The van der Waals surface area contributed by atoms with Crippen molar-refractivity contribution in [1.29, 1.82) is 0 Å². The number of carbonyl (C=O) groups is 2. The number of amides is 1. The van der Waals surface area contributed by atoms with Crippen molar-refractivity contribution >= 4 is 11.9 Å². The number of morpholine rings is 1. The second-order valence-electron chi connectivity index (χ2n) is 18.6. The lowest BCUT2D eigenvalue weighted by molar-refractivity contribution is -0.247. The molecule has 2 N–H and O–H groups in total. The van der Waals surface area contributed by atoms with Crippen LogP contribution in [0.2, 0.25) is 0 Å². The van der Waals surface area contributed by atoms with Gasteiger partial charge in [-0.05, 0) is 111 Å². The highest BCUT2D eigenvalue weighted by Crippen LogP contribution is 2.89. The predicted molar refractivity (Wildman–Crippen MR) is 175 cm³/mol. The van der Waals surface area contributed by atoms with Crippen molar-refractivity contribution in [2.24, 2.45) is 50.7 Å². The van der Waals surface area contributed by atoms with Crippen molar-refractivity contribution in [3.8, 4) is 0 Å². The molecule has 9 nitrogen and oxygen atoms in total. The smallest absolute Gasteiger partial charge is 0.303 e. The first-order valence-electron chi connectivity index (χ1n) is 18.6. The number of ether oxygens (including phenoxy) is 4. The summed E-state index contributed by atoms with van der Waals surface area (Å²) in [6.07, 6.45) is 6.05. The van der Waals surface area contributed by atoms with E-state index in [1.54, 1.807) is 20.8 Å². The minimum Gasteiger partial charge on any atom is -0.457 e. The number of esters is 1. The first-order valence-corrected chi connectivity index (χ1v) is 18.6. The third-order valence-electron chi connectivity index (χ3n) is 15.9. The summed E-state index contributed by atoms with van der Waals surface area (Å²) >= 11 is 0. The maximum absolute atomic E-state index is 12.5. The van der Waals surface area contributed by atoms with Gasteiger partial charge in [-0.1, -0.05) is 34.6 Å². The van der Waals surface area contributed by atoms with Gasteiger partial charge >= 0.3 is 5.97 Å². The first-order chi connectivity index (χ1) is 21.8. The van der Waals surface area contributed by atoms with Crippen LogP contribution in [0.3, 0.4) is 0 Å². The summed E-state index contributed by atoms with van der Waals surface area (Å²) in [4.78, 5) is 26.0. The largest absolute Gasteiger partial charge is 0.457 e. The van der Waals surface area contributed by atoms with Crippen molar-refractivity contribution < 1.29 is 38.7 Å². The minimum atomic E-state index is -1.26. The Kier molecular flexibility index (Phi) is 7.91. The lowest BCUT2D eigenvalue weighted by Gasteiger charge is -2.64. The van der Waals surface area contributed by atoms with Gasteiger partial charge in [0.25, 0.3) is 0 Å². The number of rotatable bonds is 5. The van der Waals surface area contributed by atoms with Gasteiger partial charge in [-0.3, -0.25) is 9.59 Å². The van der Waals surface area contributed by atoms with E-state index in [-0.39, 0.29) is 63.3 Å². The van der Waals surface area contributed by atoms with Crippen LogP contribution in [0, 0.1) is 50.7 Å². The summed E-state index contributed by atoms with van der Waals surface area (Å²) in [6.45, 7) is 19.9. The van der Waals surface area contributed by atoms with E-state index in [0.717, 1.165) is 32.1 Å². The number of fused-ring (bicyclic) bond motifs is 4. The van der Waals surface area contributed by atoms with Crippen LogP contribution in [0.4, 0.5) is 0 Å². The highest BCUT2D eigenvalue weighted by Gasteiger charge is 2.84. The van der Waals surface area contributed by atoms with Crippen LogP contribution >= 0.6 is 0 Å². The van der Waals surface area contributed by atoms with Crippen LogP contribution in [0.25, 0.3) is 0 Å². The maximum Gasteiger partial charge on any atom is 0.303 e. The molecular formula is C38H61NO8.